The van der Waals surface area contributed by atoms with Crippen LogP contribution in [0.3, 0.4) is 0 Å². The minimum absolute atomic E-state index is 0.00858. The molecule has 5 heteroatoms. The predicted octanol–water partition coefficient (Wildman–Crippen LogP) is 5.04. The van der Waals surface area contributed by atoms with E-state index in [0.717, 1.165) is 12.2 Å². The fourth-order valence-corrected chi connectivity index (χ4v) is 3.23. The monoisotopic (exact) mass is 416 g/mol. The molecule has 0 atom stereocenters. The average Bonchev–Trinajstić information content (AvgIpc) is 2.81. The van der Waals surface area contributed by atoms with E-state index in [4.69, 9.17) is 4.74 Å². The molecular formula is C26H28N2O3. The van der Waals surface area contributed by atoms with Crippen molar-refractivity contribution in [2.45, 2.75) is 20.3 Å². The smallest absolute Gasteiger partial charge is 0.255 e. The van der Waals surface area contributed by atoms with Crippen molar-refractivity contribution in [3.63, 3.8) is 0 Å². The number of ether oxygens (including phenoxy) is 1. The number of hydrogen-bond acceptors (Lipinski definition) is 3. The summed E-state index contributed by atoms with van der Waals surface area (Å²) in [6.45, 7) is 5.82. The van der Waals surface area contributed by atoms with Crippen molar-refractivity contribution in [3.05, 3.63) is 95.6 Å². The molecule has 0 aliphatic rings. The topological polar surface area (TPSA) is 58.6 Å². The normalized spacial score (nSPS) is 10.4. The van der Waals surface area contributed by atoms with E-state index in [2.05, 4.69) is 17.4 Å². The second-order valence-electron chi connectivity index (χ2n) is 7.12. The third-order valence-corrected chi connectivity index (χ3v) is 5.06. The van der Waals surface area contributed by atoms with Crippen LogP contribution in [0, 0.1) is 0 Å². The van der Waals surface area contributed by atoms with Crippen molar-refractivity contribution in [3.8, 4) is 5.75 Å². The van der Waals surface area contributed by atoms with Crippen LogP contribution in [0.5, 0.6) is 5.75 Å². The maximum absolute atomic E-state index is 12.5. The Hall–Kier alpha value is -3.60. The van der Waals surface area contributed by atoms with Gasteiger partial charge in [-0.15, -0.1) is 0 Å². The summed E-state index contributed by atoms with van der Waals surface area (Å²) in [4.78, 5) is 26.7. The molecule has 0 aliphatic carbocycles. The van der Waals surface area contributed by atoms with Gasteiger partial charge >= 0.3 is 0 Å². The molecule has 3 rings (SSSR count). The van der Waals surface area contributed by atoms with E-state index in [9.17, 15) is 9.59 Å². The first-order valence-electron chi connectivity index (χ1n) is 10.6. The van der Waals surface area contributed by atoms with Crippen LogP contribution in [0.15, 0.2) is 78.9 Å². The SMILES string of the molecule is CCN(CC)C(=O)c1ccc(NC(=O)c2ccc(OCCc3ccccc3)cc2)cc1. The Kier molecular flexibility index (Phi) is 7.82. The molecule has 0 unspecified atom stereocenters. The van der Waals surface area contributed by atoms with Crippen LogP contribution in [0.1, 0.15) is 40.1 Å². The van der Waals surface area contributed by atoms with Gasteiger partial charge in [-0.2, -0.15) is 0 Å². The molecule has 0 radical (unpaired) electrons. The standard InChI is InChI=1S/C26H28N2O3/c1-3-28(4-2)26(30)22-10-14-23(15-11-22)27-25(29)21-12-16-24(17-13-21)31-19-18-20-8-6-5-7-9-20/h5-17H,3-4,18-19H2,1-2H3,(H,27,29). The molecule has 3 aromatic carbocycles. The van der Waals surface area contributed by atoms with Crippen LogP contribution >= 0.6 is 0 Å². The Bertz CT molecular complexity index is 979. The molecule has 5 nitrogen and oxygen atoms in total. The second-order valence-corrected chi connectivity index (χ2v) is 7.12. The van der Waals surface area contributed by atoms with Crippen molar-refractivity contribution in [1.82, 2.24) is 4.90 Å². The molecule has 1 N–H and O–H groups in total. The van der Waals surface area contributed by atoms with E-state index < -0.39 is 0 Å². The molecule has 2 amide bonds. The van der Waals surface area contributed by atoms with Crippen LogP contribution in [0.25, 0.3) is 0 Å². The van der Waals surface area contributed by atoms with Gasteiger partial charge in [-0.3, -0.25) is 9.59 Å². The lowest BCUT2D eigenvalue weighted by Crippen LogP contribution is -2.30. The Labute approximate surface area is 183 Å². The molecule has 0 saturated carbocycles. The first-order valence-corrected chi connectivity index (χ1v) is 10.6. The van der Waals surface area contributed by atoms with Gasteiger partial charge in [-0.05, 0) is 67.9 Å². The van der Waals surface area contributed by atoms with Crippen LogP contribution in [-0.2, 0) is 6.42 Å². The maximum atomic E-state index is 12.5. The van der Waals surface area contributed by atoms with Crippen LogP contribution in [0.4, 0.5) is 5.69 Å². The molecule has 0 aromatic heterocycles. The second kappa shape index (κ2) is 11.0. The van der Waals surface area contributed by atoms with Crippen molar-refractivity contribution in [2.24, 2.45) is 0 Å². The Morgan fingerprint density at radius 1 is 0.806 bits per heavy atom. The molecule has 31 heavy (non-hydrogen) atoms. The molecular weight excluding hydrogens is 388 g/mol. The predicted molar refractivity (Wildman–Crippen MR) is 124 cm³/mol. The highest BCUT2D eigenvalue weighted by molar-refractivity contribution is 6.04. The zero-order valence-electron chi connectivity index (χ0n) is 18.0. The highest BCUT2D eigenvalue weighted by Gasteiger charge is 2.12. The summed E-state index contributed by atoms with van der Waals surface area (Å²) in [6.07, 6.45) is 0.829. The minimum Gasteiger partial charge on any atom is -0.493 e. The number of amides is 2. The van der Waals surface area contributed by atoms with Crippen LogP contribution in [0.2, 0.25) is 0 Å². The average molecular weight is 417 g/mol. The van der Waals surface area contributed by atoms with Crippen molar-refractivity contribution < 1.29 is 14.3 Å². The van der Waals surface area contributed by atoms with Crippen LogP contribution < -0.4 is 10.1 Å². The first kappa shape index (κ1) is 22.1. The molecule has 0 saturated heterocycles. The highest BCUT2D eigenvalue weighted by Crippen LogP contribution is 2.16. The maximum Gasteiger partial charge on any atom is 0.255 e. The number of hydrogen-bond donors (Lipinski definition) is 1. The summed E-state index contributed by atoms with van der Waals surface area (Å²) in [5, 5.41) is 2.86. The zero-order valence-corrected chi connectivity index (χ0v) is 18.0. The van der Waals surface area contributed by atoms with Gasteiger partial charge in [0, 0.05) is 36.3 Å². The molecule has 0 heterocycles. The van der Waals surface area contributed by atoms with E-state index in [1.807, 2.05) is 32.0 Å². The zero-order chi connectivity index (χ0) is 22.1. The van der Waals surface area contributed by atoms with E-state index in [0.29, 0.717) is 36.5 Å². The van der Waals surface area contributed by atoms with E-state index in [-0.39, 0.29) is 11.8 Å². The number of anilines is 1. The molecule has 3 aromatic rings. The van der Waals surface area contributed by atoms with E-state index in [1.165, 1.54) is 5.56 Å². The number of rotatable bonds is 9. The fourth-order valence-electron chi connectivity index (χ4n) is 3.23. The summed E-state index contributed by atoms with van der Waals surface area (Å²) >= 11 is 0. The first-order chi connectivity index (χ1) is 15.1. The minimum atomic E-state index is -0.210. The highest BCUT2D eigenvalue weighted by atomic mass is 16.5. The quantitative estimate of drug-likeness (QED) is 0.531. The lowest BCUT2D eigenvalue weighted by atomic mass is 10.1. The van der Waals surface area contributed by atoms with Crippen molar-refractivity contribution in [1.29, 1.82) is 0 Å². The van der Waals surface area contributed by atoms with Gasteiger partial charge in [0.15, 0.2) is 0 Å². The number of nitrogens with zero attached hydrogens (tertiary/aromatic N) is 1. The van der Waals surface area contributed by atoms with Crippen molar-refractivity contribution >= 4 is 17.5 Å². The molecule has 0 fully saturated rings. The van der Waals surface area contributed by atoms with Gasteiger partial charge in [0.1, 0.15) is 5.75 Å². The third-order valence-electron chi connectivity index (χ3n) is 5.06. The summed E-state index contributed by atoms with van der Waals surface area (Å²) in [6, 6.07) is 24.2. The molecule has 160 valence electrons. The van der Waals surface area contributed by atoms with Gasteiger partial charge in [0.05, 0.1) is 6.61 Å². The molecule has 0 spiro atoms. The lowest BCUT2D eigenvalue weighted by molar-refractivity contribution is 0.0773. The van der Waals surface area contributed by atoms with Crippen LogP contribution in [-0.4, -0.2) is 36.4 Å². The number of carbonyl (C=O) groups excluding carboxylic acids is 2. The lowest BCUT2D eigenvalue weighted by Gasteiger charge is -2.18. The number of nitrogens with one attached hydrogen (secondary N) is 1. The van der Waals surface area contributed by atoms with Crippen molar-refractivity contribution in [2.75, 3.05) is 25.0 Å². The van der Waals surface area contributed by atoms with Gasteiger partial charge < -0.3 is 15.0 Å². The summed E-state index contributed by atoms with van der Waals surface area (Å²) in [5.41, 5.74) is 3.02. The molecule has 0 bridgehead atoms. The number of carbonyl (C=O) groups is 2. The molecule has 0 aliphatic heterocycles. The third kappa shape index (κ3) is 6.19. The van der Waals surface area contributed by atoms with Gasteiger partial charge in [-0.25, -0.2) is 0 Å². The van der Waals surface area contributed by atoms with Gasteiger partial charge in [0.2, 0.25) is 0 Å². The van der Waals surface area contributed by atoms with Gasteiger partial charge in [-0.1, -0.05) is 30.3 Å². The fraction of sp³-hybridized carbons (Fsp3) is 0.231. The summed E-state index contributed by atoms with van der Waals surface area (Å²) in [5.74, 6) is 0.510. The Morgan fingerprint density at radius 2 is 1.42 bits per heavy atom. The summed E-state index contributed by atoms with van der Waals surface area (Å²) < 4.78 is 5.77. The van der Waals surface area contributed by atoms with Gasteiger partial charge in [0.25, 0.3) is 11.8 Å². The Balaban J connectivity index is 1.52. The number of benzene rings is 3. The Morgan fingerprint density at radius 3 is 2.03 bits per heavy atom. The van der Waals surface area contributed by atoms with E-state index >= 15 is 0 Å². The summed E-state index contributed by atoms with van der Waals surface area (Å²) in [7, 11) is 0. The largest absolute Gasteiger partial charge is 0.493 e. The van der Waals surface area contributed by atoms with E-state index in [1.54, 1.807) is 53.4 Å².